The highest BCUT2D eigenvalue weighted by molar-refractivity contribution is 6.09. The molecule has 1 N–H and O–H groups in total. The van der Waals surface area contributed by atoms with Crippen LogP contribution in [0.3, 0.4) is 0 Å². The Bertz CT molecular complexity index is 1360. The van der Waals surface area contributed by atoms with Crippen LogP contribution in [0.15, 0.2) is 83.4 Å². The lowest BCUT2D eigenvalue weighted by Crippen LogP contribution is -2.39. The third-order valence-electron chi connectivity index (χ3n) is 6.02. The third kappa shape index (κ3) is 4.96. The molecule has 0 saturated carbocycles. The molecule has 0 spiro atoms. The number of anilines is 1. The first-order chi connectivity index (χ1) is 17.1. The summed E-state index contributed by atoms with van der Waals surface area (Å²) in [7, 11) is 0. The molecule has 2 amide bonds. The van der Waals surface area contributed by atoms with Gasteiger partial charge in [0.25, 0.3) is 11.8 Å². The van der Waals surface area contributed by atoms with Gasteiger partial charge in [0.05, 0.1) is 17.2 Å². The molecule has 4 aromatic rings. The molecule has 1 aliphatic heterocycles. The summed E-state index contributed by atoms with van der Waals surface area (Å²) in [6, 6.07) is 21.9. The summed E-state index contributed by atoms with van der Waals surface area (Å²) in [5.74, 6) is -0.221. The number of hydrogen-bond acceptors (Lipinski definition) is 5. The van der Waals surface area contributed by atoms with Gasteiger partial charge in [-0.15, -0.1) is 0 Å². The number of nitrogens with zero attached hydrogens (tertiary/aromatic N) is 3. The molecular formula is C27H23FN4O3. The van der Waals surface area contributed by atoms with Gasteiger partial charge >= 0.3 is 0 Å². The van der Waals surface area contributed by atoms with Gasteiger partial charge in [0, 0.05) is 24.2 Å². The van der Waals surface area contributed by atoms with Crippen molar-refractivity contribution in [3.63, 3.8) is 0 Å². The van der Waals surface area contributed by atoms with Crippen molar-refractivity contribution in [2.45, 2.75) is 18.8 Å². The van der Waals surface area contributed by atoms with E-state index in [1.165, 1.54) is 12.1 Å². The molecule has 5 rings (SSSR count). The van der Waals surface area contributed by atoms with Gasteiger partial charge in [0.15, 0.2) is 0 Å². The predicted molar refractivity (Wildman–Crippen MR) is 128 cm³/mol. The fourth-order valence-electron chi connectivity index (χ4n) is 4.24. The van der Waals surface area contributed by atoms with E-state index in [4.69, 9.17) is 4.52 Å². The van der Waals surface area contributed by atoms with Crippen molar-refractivity contribution in [1.29, 1.82) is 0 Å². The Morgan fingerprint density at radius 3 is 2.63 bits per heavy atom. The van der Waals surface area contributed by atoms with Crippen molar-refractivity contribution < 1.29 is 18.5 Å². The first kappa shape index (κ1) is 22.5. The molecule has 176 valence electrons. The van der Waals surface area contributed by atoms with Crippen molar-refractivity contribution in [2.75, 3.05) is 18.4 Å². The lowest BCUT2D eigenvalue weighted by Gasteiger charge is -2.31. The quantitative estimate of drug-likeness (QED) is 0.436. The normalized spacial score (nSPS) is 15.6. The SMILES string of the molecule is O=C(Nc1ccccc1C(=O)N1CCCC(c2nc(-c3cccc(F)c3)no2)C1)c1ccccc1. The highest BCUT2D eigenvalue weighted by Crippen LogP contribution is 2.29. The van der Waals surface area contributed by atoms with Crippen molar-refractivity contribution >= 4 is 17.5 Å². The average Bonchev–Trinajstić information content (AvgIpc) is 3.40. The maximum atomic E-state index is 13.6. The van der Waals surface area contributed by atoms with Crippen LogP contribution in [0.2, 0.25) is 0 Å². The smallest absolute Gasteiger partial charge is 0.255 e. The van der Waals surface area contributed by atoms with E-state index in [0.717, 1.165) is 12.8 Å². The summed E-state index contributed by atoms with van der Waals surface area (Å²) in [5.41, 5.74) is 1.92. The first-order valence-corrected chi connectivity index (χ1v) is 11.4. The van der Waals surface area contributed by atoms with Gasteiger partial charge in [0.1, 0.15) is 5.82 Å². The second-order valence-corrected chi connectivity index (χ2v) is 8.42. The second kappa shape index (κ2) is 9.89. The molecule has 35 heavy (non-hydrogen) atoms. The first-order valence-electron chi connectivity index (χ1n) is 11.4. The summed E-state index contributed by atoms with van der Waals surface area (Å²) in [5, 5.41) is 6.86. The van der Waals surface area contributed by atoms with Gasteiger partial charge < -0.3 is 14.7 Å². The summed E-state index contributed by atoms with van der Waals surface area (Å²) in [6.45, 7) is 0.992. The molecule has 1 saturated heterocycles. The Morgan fingerprint density at radius 2 is 1.80 bits per heavy atom. The predicted octanol–water partition coefficient (Wildman–Crippen LogP) is 5.15. The van der Waals surface area contributed by atoms with Crippen LogP contribution in [0.4, 0.5) is 10.1 Å². The van der Waals surface area contributed by atoms with Crippen LogP contribution < -0.4 is 5.32 Å². The Hall–Kier alpha value is -4.33. The van der Waals surface area contributed by atoms with Crippen LogP contribution >= 0.6 is 0 Å². The minimum absolute atomic E-state index is 0.131. The minimum Gasteiger partial charge on any atom is -0.339 e. The van der Waals surface area contributed by atoms with Crippen molar-refractivity contribution in [3.05, 3.63) is 102 Å². The number of benzene rings is 3. The van der Waals surface area contributed by atoms with Crippen LogP contribution in [0.1, 0.15) is 45.4 Å². The van der Waals surface area contributed by atoms with Crippen LogP contribution in [0.5, 0.6) is 0 Å². The maximum absolute atomic E-state index is 13.6. The van der Waals surface area contributed by atoms with E-state index in [1.807, 2.05) is 6.07 Å². The number of nitrogens with one attached hydrogen (secondary N) is 1. The number of hydrogen-bond donors (Lipinski definition) is 1. The lowest BCUT2D eigenvalue weighted by atomic mass is 9.97. The molecule has 8 heteroatoms. The standard InChI is InChI=1S/C27H23FN4O3/c28-21-12-6-10-19(16-21)24-30-26(35-31-24)20-11-7-15-32(17-20)27(34)22-13-4-5-14-23(22)29-25(33)18-8-2-1-3-9-18/h1-6,8-10,12-14,16,20H,7,11,15,17H2,(H,29,33). The van der Waals surface area contributed by atoms with Crippen LogP contribution in [0, 0.1) is 5.82 Å². The molecule has 0 aliphatic carbocycles. The Morgan fingerprint density at radius 1 is 1.00 bits per heavy atom. The zero-order valence-electron chi connectivity index (χ0n) is 18.9. The van der Waals surface area contributed by atoms with Crippen LogP contribution in [0.25, 0.3) is 11.4 Å². The van der Waals surface area contributed by atoms with Gasteiger partial charge in [-0.1, -0.05) is 47.6 Å². The van der Waals surface area contributed by atoms with Crippen molar-refractivity contribution in [2.24, 2.45) is 0 Å². The van der Waals surface area contributed by atoms with Crippen molar-refractivity contribution in [1.82, 2.24) is 15.0 Å². The molecule has 1 aliphatic rings. The number of likely N-dealkylation sites (tertiary alicyclic amines) is 1. The summed E-state index contributed by atoms with van der Waals surface area (Å²) >= 11 is 0. The maximum Gasteiger partial charge on any atom is 0.255 e. The van der Waals surface area contributed by atoms with E-state index in [1.54, 1.807) is 65.6 Å². The van der Waals surface area contributed by atoms with Crippen LogP contribution in [-0.4, -0.2) is 39.9 Å². The minimum atomic E-state index is -0.374. The Balaban J connectivity index is 1.32. The van der Waals surface area contributed by atoms with Gasteiger partial charge in [0.2, 0.25) is 11.7 Å². The van der Waals surface area contributed by atoms with Crippen LogP contribution in [-0.2, 0) is 0 Å². The van der Waals surface area contributed by atoms with Crippen molar-refractivity contribution in [3.8, 4) is 11.4 Å². The Labute approximate surface area is 201 Å². The van der Waals surface area contributed by atoms with E-state index >= 15 is 0 Å². The third-order valence-corrected chi connectivity index (χ3v) is 6.02. The number of carbonyl (C=O) groups is 2. The fraction of sp³-hybridized carbons (Fsp3) is 0.185. The molecule has 3 aromatic carbocycles. The zero-order valence-corrected chi connectivity index (χ0v) is 18.9. The highest BCUT2D eigenvalue weighted by atomic mass is 19.1. The molecule has 1 aromatic heterocycles. The molecule has 0 radical (unpaired) electrons. The molecule has 2 heterocycles. The summed E-state index contributed by atoms with van der Waals surface area (Å²) in [6.07, 6.45) is 1.56. The molecule has 1 unspecified atom stereocenters. The number of carbonyl (C=O) groups excluding carboxylic acids is 2. The van der Waals surface area contributed by atoms with E-state index in [9.17, 15) is 14.0 Å². The molecule has 0 bridgehead atoms. The monoisotopic (exact) mass is 470 g/mol. The number of para-hydroxylation sites is 1. The molecule has 7 nitrogen and oxygen atoms in total. The number of amides is 2. The molecule has 1 atom stereocenters. The highest BCUT2D eigenvalue weighted by Gasteiger charge is 2.30. The van der Waals surface area contributed by atoms with E-state index in [0.29, 0.717) is 47.2 Å². The molecular weight excluding hydrogens is 447 g/mol. The van der Waals surface area contributed by atoms with Gasteiger partial charge in [-0.3, -0.25) is 9.59 Å². The summed E-state index contributed by atoms with van der Waals surface area (Å²) < 4.78 is 19.0. The average molecular weight is 471 g/mol. The zero-order chi connectivity index (χ0) is 24.2. The number of rotatable bonds is 5. The number of piperidine rings is 1. The second-order valence-electron chi connectivity index (χ2n) is 8.42. The Kier molecular flexibility index (Phi) is 6.34. The lowest BCUT2D eigenvalue weighted by molar-refractivity contribution is 0.0696. The van der Waals surface area contributed by atoms with E-state index in [2.05, 4.69) is 15.5 Å². The van der Waals surface area contributed by atoms with E-state index in [-0.39, 0.29) is 23.5 Å². The van der Waals surface area contributed by atoms with Gasteiger partial charge in [-0.05, 0) is 49.2 Å². The molecule has 1 fully saturated rings. The number of aromatic nitrogens is 2. The topological polar surface area (TPSA) is 88.3 Å². The van der Waals surface area contributed by atoms with Gasteiger partial charge in [-0.2, -0.15) is 4.98 Å². The fourth-order valence-corrected chi connectivity index (χ4v) is 4.24. The summed E-state index contributed by atoms with van der Waals surface area (Å²) in [4.78, 5) is 32.3. The van der Waals surface area contributed by atoms with Gasteiger partial charge in [-0.25, -0.2) is 4.39 Å². The number of halogens is 1. The largest absolute Gasteiger partial charge is 0.339 e. The van der Waals surface area contributed by atoms with E-state index < -0.39 is 0 Å².